The van der Waals surface area contributed by atoms with E-state index in [2.05, 4.69) is 16.0 Å². The summed E-state index contributed by atoms with van der Waals surface area (Å²) >= 11 is 0. The van der Waals surface area contributed by atoms with Crippen LogP contribution >= 0.6 is 0 Å². The predicted octanol–water partition coefficient (Wildman–Crippen LogP) is 9.14. The summed E-state index contributed by atoms with van der Waals surface area (Å²) in [5.74, 6) is 10.0. The monoisotopic (exact) mass is 620 g/mol. The summed E-state index contributed by atoms with van der Waals surface area (Å²) in [6, 6.07) is 0. The molecule has 14 unspecified atom stereocenters. The Morgan fingerprint density at radius 2 is 0.867 bits per heavy atom. The molecule has 7 saturated carbocycles. The number of nitrogens with one attached hydrogen (secondary N) is 3. The Hall–Kier alpha value is -0.160. The van der Waals surface area contributed by atoms with E-state index in [0.717, 1.165) is 65.1 Å². The molecule has 4 nitrogen and oxygen atoms in total. The van der Waals surface area contributed by atoms with E-state index in [0.29, 0.717) is 30.7 Å². The molecule has 2 heterocycles. The third-order valence-corrected chi connectivity index (χ3v) is 16.5. The highest BCUT2D eigenvalue weighted by Crippen LogP contribution is 2.60. The Bertz CT molecular complexity index is 976. The summed E-state index contributed by atoms with van der Waals surface area (Å²) in [6.45, 7) is 0. The minimum absolute atomic E-state index is 0.473. The fourth-order valence-corrected chi connectivity index (χ4v) is 14.6. The van der Waals surface area contributed by atoms with Gasteiger partial charge in [-0.05, 0) is 129 Å². The van der Waals surface area contributed by atoms with E-state index in [-0.39, 0.29) is 0 Å². The van der Waals surface area contributed by atoms with Gasteiger partial charge in [0.2, 0.25) is 0 Å². The summed E-state index contributed by atoms with van der Waals surface area (Å²) in [4.78, 5) is 0. The van der Waals surface area contributed by atoms with E-state index >= 15 is 0 Å². The van der Waals surface area contributed by atoms with Gasteiger partial charge in [0.15, 0.2) is 0 Å². The molecule has 0 amide bonds. The zero-order valence-corrected chi connectivity index (χ0v) is 28.8. The standard InChI is InChI=1S/C41H69N3O/c1-3-13-27(14-4-1)34-25-36-37(32-19-10-9-18-31(32)34)38-33(20-11-21-35(38)45-36)41-43-39(28-15-5-2-6-16-28)42-40(44-41)30-23-22-26-12-7-8-17-29(26)24-30/h26-44H,1-25H2. The van der Waals surface area contributed by atoms with E-state index in [1.165, 1.54) is 161 Å². The molecule has 9 rings (SSSR count). The molecular formula is C41H69N3O. The number of hydrogen-bond donors (Lipinski definition) is 3. The second-order valence-corrected chi connectivity index (χ2v) is 18.6. The van der Waals surface area contributed by atoms with Gasteiger partial charge in [-0.15, -0.1) is 0 Å². The first-order chi connectivity index (χ1) is 22.3. The molecule has 4 heteroatoms. The van der Waals surface area contributed by atoms with Crippen LogP contribution in [0.4, 0.5) is 0 Å². The van der Waals surface area contributed by atoms with Gasteiger partial charge in [-0.2, -0.15) is 0 Å². The van der Waals surface area contributed by atoms with Crippen LogP contribution in [-0.2, 0) is 4.74 Å². The van der Waals surface area contributed by atoms with Crippen molar-refractivity contribution in [1.29, 1.82) is 0 Å². The van der Waals surface area contributed by atoms with Crippen LogP contribution in [0.3, 0.4) is 0 Å². The lowest BCUT2D eigenvalue weighted by molar-refractivity contribution is -0.0668. The summed E-state index contributed by atoms with van der Waals surface area (Å²) in [5.41, 5.74) is 0. The minimum Gasteiger partial charge on any atom is -0.374 e. The summed E-state index contributed by atoms with van der Waals surface area (Å²) in [7, 11) is 0. The fraction of sp³-hybridized carbons (Fsp3) is 1.00. The molecule has 0 spiro atoms. The molecule has 254 valence electrons. The molecule has 0 aromatic carbocycles. The van der Waals surface area contributed by atoms with Gasteiger partial charge in [0.1, 0.15) is 0 Å². The van der Waals surface area contributed by atoms with Gasteiger partial charge in [0.05, 0.1) is 30.7 Å². The summed E-state index contributed by atoms with van der Waals surface area (Å²) in [6.07, 6.45) is 39.4. The lowest BCUT2D eigenvalue weighted by Crippen LogP contribution is -2.73. The zero-order chi connectivity index (χ0) is 29.7. The van der Waals surface area contributed by atoms with Gasteiger partial charge in [-0.25, -0.2) is 0 Å². The number of ether oxygens (including phenoxy) is 1. The second kappa shape index (κ2) is 13.6. The van der Waals surface area contributed by atoms with Crippen molar-refractivity contribution in [2.24, 2.45) is 65.1 Å². The fourth-order valence-electron chi connectivity index (χ4n) is 14.6. The molecule has 7 aliphatic carbocycles. The van der Waals surface area contributed by atoms with Crippen molar-refractivity contribution in [3.8, 4) is 0 Å². The van der Waals surface area contributed by atoms with Gasteiger partial charge in [0.25, 0.3) is 0 Å². The molecule has 0 radical (unpaired) electrons. The van der Waals surface area contributed by atoms with E-state index < -0.39 is 0 Å². The number of rotatable bonds is 4. The first-order valence-electron chi connectivity index (χ1n) is 21.2. The van der Waals surface area contributed by atoms with Crippen LogP contribution in [0.5, 0.6) is 0 Å². The van der Waals surface area contributed by atoms with Crippen molar-refractivity contribution < 1.29 is 4.74 Å². The zero-order valence-electron chi connectivity index (χ0n) is 28.8. The molecule has 2 aliphatic heterocycles. The molecule has 0 aromatic rings. The van der Waals surface area contributed by atoms with E-state index in [4.69, 9.17) is 4.74 Å². The highest BCUT2D eigenvalue weighted by Gasteiger charge is 2.59. The van der Waals surface area contributed by atoms with Crippen LogP contribution in [0.1, 0.15) is 161 Å². The molecule has 45 heavy (non-hydrogen) atoms. The maximum Gasteiger partial charge on any atom is 0.0628 e. The smallest absolute Gasteiger partial charge is 0.0628 e. The molecule has 9 fully saturated rings. The Kier molecular flexibility index (Phi) is 9.35. The third-order valence-electron chi connectivity index (χ3n) is 16.5. The first kappa shape index (κ1) is 30.9. The molecule has 0 bridgehead atoms. The Morgan fingerprint density at radius 1 is 0.311 bits per heavy atom. The van der Waals surface area contributed by atoms with Crippen molar-refractivity contribution in [3.05, 3.63) is 0 Å². The van der Waals surface area contributed by atoms with Crippen molar-refractivity contribution >= 4 is 0 Å². The molecule has 3 N–H and O–H groups in total. The molecular weight excluding hydrogens is 550 g/mol. The van der Waals surface area contributed by atoms with Crippen molar-refractivity contribution in [1.82, 2.24) is 16.0 Å². The molecule has 0 aromatic heterocycles. The van der Waals surface area contributed by atoms with Crippen molar-refractivity contribution in [3.63, 3.8) is 0 Å². The average molecular weight is 620 g/mol. The van der Waals surface area contributed by atoms with Gasteiger partial charge in [0, 0.05) is 0 Å². The summed E-state index contributed by atoms with van der Waals surface area (Å²) in [5, 5.41) is 13.1. The molecule has 2 saturated heterocycles. The van der Waals surface area contributed by atoms with E-state index in [1.807, 2.05) is 0 Å². The maximum atomic E-state index is 7.33. The van der Waals surface area contributed by atoms with Gasteiger partial charge < -0.3 is 4.74 Å². The van der Waals surface area contributed by atoms with Crippen LogP contribution in [-0.4, -0.2) is 30.7 Å². The third kappa shape index (κ3) is 6.03. The van der Waals surface area contributed by atoms with E-state index in [9.17, 15) is 0 Å². The maximum absolute atomic E-state index is 7.33. The van der Waals surface area contributed by atoms with Gasteiger partial charge in [-0.1, -0.05) is 96.3 Å². The van der Waals surface area contributed by atoms with Crippen molar-refractivity contribution in [2.45, 2.75) is 191 Å². The second-order valence-electron chi connectivity index (χ2n) is 18.6. The topological polar surface area (TPSA) is 45.3 Å². The minimum atomic E-state index is 0.473. The summed E-state index contributed by atoms with van der Waals surface area (Å²) < 4.78 is 7.33. The van der Waals surface area contributed by atoms with Crippen LogP contribution in [0.2, 0.25) is 0 Å². The lowest BCUT2D eigenvalue weighted by atomic mass is 9.52. The predicted molar refractivity (Wildman–Crippen MR) is 183 cm³/mol. The number of fused-ring (bicyclic) bond motifs is 6. The Morgan fingerprint density at radius 3 is 1.67 bits per heavy atom. The molecule has 9 aliphatic rings. The lowest BCUT2D eigenvalue weighted by Gasteiger charge is -2.54. The van der Waals surface area contributed by atoms with Crippen LogP contribution in [0.15, 0.2) is 0 Å². The van der Waals surface area contributed by atoms with E-state index in [1.54, 1.807) is 0 Å². The number of hydrogen-bond acceptors (Lipinski definition) is 4. The van der Waals surface area contributed by atoms with Crippen molar-refractivity contribution in [2.75, 3.05) is 0 Å². The quantitative estimate of drug-likeness (QED) is 0.294. The van der Waals surface area contributed by atoms with Gasteiger partial charge >= 0.3 is 0 Å². The van der Waals surface area contributed by atoms with Crippen LogP contribution in [0, 0.1) is 65.1 Å². The van der Waals surface area contributed by atoms with Crippen LogP contribution < -0.4 is 16.0 Å². The molecule has 14 atom stereocenters. The Balaban J connectivity index is 0.974. The Labute approximate surface area is 276 Å². The first-order valence-corrected chi connectivity index (χ1v) is 21.2. The normalized spacial score (nSPS) is 51.5. The largest absolute Gasteiger partial charge is 0.374 e. The average Bonchev–Trinajstić information content (AvgIpc) is 3.51. The van der Waals surface area contributed by atoms with Gasteiger partial charge in [-0.3, -0.25) is 16.0 Å². The SMILES string of the molecule is C1CCC(C2NC(C3CCC4CCCCC4C3)NC(C3CCCC4OC5CC(C6CCCCC6)C6CCCCC6C5C43)N2)CC1. The highest BCUT2D eigenvalue weighted by atomic mass is 16.5. The van der Waals surface area contributed by atoms with Crippen LogP contribution in [0.25, 0.3) is 0 Å². The highest BCUT2D eigenvalue weighted by molar-refractivity contribution is 5.08.